The van der Waals surface area contributed by atoms with Gasteiger partial charge in [-0.15, -0.1) is 0 Å². The van der Waals surface area contributed by atoms with Gasteiger partial charge in [0.05, 0.1) is 17.1 Å². The van der Waals surface area contributed by atoms with Gasteiger partial charge in [-0.25, -0.2) is 0 Å². The van der Waals surface area contributed by atoms with Crippen LogP contribution in [0.3, 0.4) is 0 Å². The fraction of sp³-hybridized carbons (Fsp3) is 0.538. The van der Waals surface area contributed by atoms with Crippen LogP contribution in [0.25, 0.3) is 0 Å². The molecule has 1 aromatic carbocycles. The Balaban J connectivity index is 2.01. The summed E-state index contributed by atoms with van der Waals surface area (Å²) in [6.45, 7) is 10.5. The highest BCUT2D eigenvalue weighted by Gasteiger charge is 2.73. The molecule has 1 saturated carbocycles. The number of ketones is 4. The summed E-state index contributed by atoms with van der Waals surface area (Å²) in [7, 11) is 0. The van der Waals surface area contributed by atoms with Crippen LogP contribution in [0.4, 0.5) is 0 Å². The Morgan fingerprint density at radius 1 is 1.16 bits per heavy atom. The first-order valence-corrected chi connectivity index (χ1v) is 11.1. The lowest BCUT2D eigenvalue weighted by molar-refractivity contribution is -0.192. The number of rotatable bonds is 2. The second kappa shape index (κ2) is 6.70. The van der Waals surface area contributed by atoms with Gasteiger partial charge in [0.25, 0.3) is 0 Å². The number of allylic oxidation sites excluding steroid dienone is 1. The van der Waals surface area contributed by atoms with Crippen LogP contribution in [0.1, 0.15) is 63.9 Å². The highest BCUT2D eigenvalue weighted by Crippen LogP contribution is 2.64. The molecule has 1 fully saturated rings. The number of phenolic OH excluding ortho intramolecular Hbond substituents is 1. The van der Waals surface area contributed by atoms with E-state index in [1.54, 1.807) is 26.0 Å². The van der Waals surface area contributed by atoms with E-state index in [0.29, 0.717) is 17.6 Å². The van der Waals surface area contributed by atoms with Crippen LogP contribution in [0.5, 0.6) is 5.75 Å². The summed E-state index contributed by atoms with van der Waals surface area (Å²) < 4.78 is 0. The van der Waals surface area contributed by atoms with Crippen LogP contribution in [0.2, 0.25) is 0 Å². The van der Waals surface area contributed by atoms with Crippen molar-refractivity contribution in [1.29, 1.82) is 0 Å². The predicted molar refractivity (Wildman–Crippen MR) is 117 cm³/mol. The zero-order valence-corrected chi connectivity index (χ0v) is 19.4. The number of fused-ring (bicyclic) bond motifs is 3. The van der Waals surface area contributed by atoms with Crippen LogP contribution in [-0.4, -0.2) is 38.9 Å². The molecule has 0 aliphatic heterocycles. The summed E-state index contributed by atoms with van der Waals surface area (Å²) in [5.74, 6) is -4.75. The van der Waals surface area contributed by atoms with Gasteiger partial charge in [-0.3, -0.25) is 19.2 Å². The molecule has 3 aliphatic rings. The topological polar surface area (TPSA) is 109 Å². The van der Waals surface area contributed by atoms with Crippen molar-refractivity contribution in [3.05, 3.63) is 40.5 Å². The summed E-state index contributed by atoms with van der Waals surface area (Å²) in [5.41, 5.74) is -3.29. The van der Waals surface area contributed by atoms with Crippen molar-refractivity contribution in [1.82, 2.24) is 0 Å². The first kappa shape index (κ1) is 22.6. The molecule has 1 aromatic rings. The number of Topliss-reactive ketones (excluding diaryl/α,β-unsaturated/α-hetero) is 4. The highest BCUT2D eigenvalue weighted by atomic mass is 16.3. The molecule has 2 N–H and O–H groups in total. The van der Waals surface area contributed by atoms with E-state index in [1.807, 2.05) is 20.8 Å². The summed E-state index contributed by atoms with van der Waals surface area (Å²) in [6.07, 6.45) is 0.622. The number of carbonyl (C=O) groups excluding carboxylic acids is 4. The minimum absolute atomic E-state index is 0.0578. The fourth-order valence-electron chi connectivity index (χ4n) is 7.45. The average molecular weight is 439 g/mol. The Hall–Kier alpha value is -2.60. The smallest absolute Gasteiger partial charge is 0.206 e. The van der Waals surface area contributed by atoms with E-state index < -0.39 is 51.4 Å². The Morgan fingerprint density at radius 2 is 1.78 bits per heavy atom. The lowest BCUT2D eigenvalue weighted by atomic mass is 9.40. The van der Waals surface area contributed by atoms with E-state index in [2.05, 4.69) is 0 Å². The third-order valence-corrected chi connectivity index (χ3v) is 8.27. The van der Waals surface area contributed by atoms with Crippen molar-refractivity contribution in [2.75, 3.05) is 0 Å². The molecule has 32 heavy (non-hydrogen) atoms. The molecule has 6 nitrogen and oxygen atoms in total. The van der Waals surface area contributed by atoms with Crippen molar-refractivity contribution in [2.24, 2.45) is 28.6 Å². The third kappa shape index (κ3) is 2.50. The lowest BCUT2D eigenvalue weighted by Gasteiger charge is -2.61. The van der Waals surface area contributed by atoms with Gasteiger partial charge in [0, 0.05) is 5.41 Å². The van der Waals surface area contributed by atoms with Gasteiger partial charge >= 0.3 is 0 Å². The average Bonchev–Trinajstić information content (AvgIpc) is 2.64. The van der Waals surface area contributed by atoms with E-state index in [1.165, 1.54) is 13.0 Å². The molecule has 0 bridgehead atoms. The van der Waals surface area contributed by atoms with E-state index in [9.17, 15) is 29.4 Å². The Kier molecular flexibility index (Phi) is 4.73. The summed E-state index contributed by atoms with van der Waals surface area (Å²) >= 11 is 0. The fourth-order valence-corrected chi connectivity index (χ4v) is 7.45. The van der Waals surface area contributed by atoms with Gasteiger partial charge in [0.15, 0.2) is 23.0 Å². The van der Waals surface area contributed by atoms with E-state index in [0.717, 1.165) is 0 Å². The number of benzene rings is 1. The molecule has 0 saturated heterocycles. The first-order chi connectivity index (χ1) is 14.7. The van der Waals surface area contributed by atoms with Gasteiger partial charge in [-0.1, -0.05) is 45.4 Å². The molecule has 0 amide bonds. The maximum atomic E-state index is 14.0. The molecule has 0 radical (unpaired) electrons. The van der Waals surface area contributed by atoms with Crippen LogP contribution >= 0.6 is 0 Å². The third-order valence-electron chi connectivity index (χ3n) is 8.27. The van der Waals surface area contributed by atoms with Gasteiger partial charge in [-0.05, 0) is 55.6 Å². The molecular weight excluding hydrogens is 408 g/mol. The number of aliphatic hydroxyl groups is 1. The Morgan fingerprint density at radius 3 is 2.34 bits per heavy atom. The quantitative estimate of drug-likeness (QED) is 0.542. The summed E-state index contributed by atoms with van der Waals surface area (Å²) in [5, 5.41) is 22.3. The zero-order chi connectivity index (χ0) is 24.0. The van der Waals surface area contributed by atoms with E-state index in [4.69, 9.17) is 0 Å². The number of hydrogen-bond acceptors (Lipinski definition) is 6. The van der Waals surface area contributed by atoms with Crippen molar-refractivity contribution in [3.8, 4) is 5.75 Å². The van der Waals surface area contributed by atoms with Crippen LogP contribution in [0, 0.1) is 28.6 Å². The minimum Gasteiger partial charge on any atom is -0.507 e. The molecule has 5 atom stereocenters. The Labute approximate surface area is 187 Å². The summed E-state index contributed by atoms with van der Waals surface area (Å²) in [6, 6.07) is 4.83. The second-order valence-electron chi connectivity index (χ2n) is 10.8. The Bertz CT molecular complexity index is 1130. The standard InChI is InChI=1S/C26H30O6/c1-12(2)19-13(3)17(14(4)27)22(30)26(32)23(31)20-21(29)18-15(8-7-9-16(18)28)10-24(20,5)11-25(19,26)6/h7-9,12,19-20,28,32H,10-11H2,1-6H3/t19-,20?,24+,25+,26-/m1/s1. The van der Waals surface area contributed by atoms with Gasteiger partial charge in [0.1, 0.15) is 5.75 Å². The van der Waals surface area contributed by atoms with Crippen molar-refractivity contribution < 1.29 is 29.4 Å². The molecule has 170 valence electrons. The molecular formula is C26H30O6. The van der Waals surface area contributed by atoms with Crippen LogP contribution in [0.15, 0.2) is 29.3 Å². The molecule has 0 heterocycles. The minimum atomic E-state index is -2.48. The van der Waals surface area contributed by atoms with Crippen molar-refractivity contribution >= 4 is 23.1 Å². The maximum Gasteiger partial charge on any atom is 0.206 e. The van der Waals surface area contributed by atoms with Gasteiger partial charge in [0.2, 0.25) is 5.78 Å². The number of hydrogen-bond donors (Lipinski definition) is 2. The number of carbonyl (C=O) groups is 4. The van der Waals surface area contributed by atoms with Crippen LogP contribution in [-0.2, 0) is 20.8 Å². The van der Waals surface area contributed by atoms with Gasteiger partial charge < -0.3 is 10.2 Å². The molecule has 0 aromatic heterocycles. The predicted octanol–water partition coefficient (Wildman–Crippen LogP) is 3.22. The lowest BCUT2D eigenvalue weighted by Crippen LogP contribution is -2.73. The summed E-state index contributed by atoms with van der Waals surface area (Å²) in [4.78, 5) is 53.6. The largest absolute Gasteiger partial charge is 0.507 e. The molecule has 0 spiro atoms. The van der Waals surface area contributed by atoms with Crippen molar-refractivity contribution in [2.45, 2.75) is 60.0 Å². The normalized spacial score (nSPS) is 36.7. The monoisotopic (exact) mass is 438 g/mol. The molecule has 1 unspecified atom stereocenters. The number of phenols is 1. The highest BCUT2D eigenvalue weighted by molar-refractivity contribution is 6.33. The van der Waals surface area contributed by atoms with Gasteiger partial charge in [-0.2, -0.15) is 0 Å². The zero-order valence-electron chi connectivity index (χ0n) is 19.4. The molecule has 6 heteroatoms. The van der Waals surface area contributed by atoms with Crippen LogP contribution < -0.4 is 0 Å². The van der Waals surface area contributed by atoms with E-state index in [-0.39, 0.29) is 29.2 Å². The second-order valence-corrected chi connectivity index (χ2v) is 10.8. The van der Waals surface area contributed by atoms with Crippen molar-refractivity contribution in [3.63, 3.8) is 0 Å². The number of aromatic hydroxyl groups is 1. The maximum absolute atomic E-state index is 14.0. The molecule has 3 aliphatic carbocycles. The molecule has 4 rings (SSSR count). The first-order valence-electron chi connectivity index (χ1n) is 11.1. The van der Waals surface area contributed by atoms with E-state index >= 15 is 0 Å². The SMILES string of the molecule is CC(=O)C1=C(C)[C@@H](C(C)C)[C@]2(C)C[C@]3(C)Cc4cccc(O)c4C(=O)C3C(=O)[C@]2(O)C1=O.